The van der Waals surface area contributed by atoms with E-state index in [4.69, 9.17) is 4.52 Å². The molecule has 1 saturated heterocycles. The Morgan fingerprint density at radius 3 is 2.50 bits per heavy atom. The average molecular weight is 353 g/mol. The molecule has 1 atom stereocenters. The van der Waals surface area contributed by atoms with E-state index in [1.54, 1.807) is 0 Å². The third kappa shape index (κ3) is 5.76. The van der Waals surface area contributed by atoms with Gasteiger partial charge >= 0.3 is 0 Å². The molecule has 1 N–H and O–H groups in total. The molecule has 1 fully saturated rings. The summed E-state index contributed by atoms with van der Waals surface area (Å²) in [4.78, 5) is 16.5. The van der Waals surface area contributed by atoms with E-state index in [0.717, 1.165) is 50.7 Å². The van der Waals surface area contributed by atoms with Crippen molar-refractivity contribution in [3.8, 4) is 0 Å². The number of aromatic nitrogens is 1. The van der Waals surface area contributed by atoms with E-state index in [-0.39, 0.29) is 36.6 Å². The maximum absolute atomic E-state index is 12.2. The summed E-state index contributed by atoms with van der Waals surface area (Å²) in [6, 6.07) is 1.96. The second-order valence-electron chi connectivity index (χ2n) is 5.49. The van der Waals surface area contributed by atoms with Gasteiger partial charge in [0.15, 0.2) is 5.76 Å². The topological polar surface area (TPSA) is 61.6 Å². The van der Waals surface area contributed by atoms with Crippen molar-refractivity contribution < 1.29 is 9.32 Å². The van der Waals surface area contributed by atoms with E-state index < -0.39 is 0 Å². The second kappa shape index (κ2) is 10.0. The van der Waals surface area contributed by atoms with Crippen LogP contribution in [0.5, 0.6) is 0 Å². The molecule has 6 nitrogen and oxygen atoms in total. The van der Waals surface area contributed by atoms with Crippen molar-refractivity contribution in [1.29, 1.82) is 0 Å². The van der Waals surface area contributed by atoms with Crippen LogP contribution in [-0.4, -0.2) is 60.6 Å². The van der Waals surface area contributed by atoms with Crippen molar-refractivity contribution >= 4 is 30.7 Å². The molecule has 2 rings (SSSR count). The van der Waals surface area contributed by atoms with Crippen LogP contribution < -0.4 is 5.32 Å². The quantitative estimate of drug-likeness (QED) is 0.865. The highest BCUT2D eigenvalue weighted by atomic mass is 35.5. The zero-order chi connectivity index (χ0) is 14.5. The summed E-state index contributed by atoms with van der Waals surface area (Å²) in [5.41, 5.74) is 0.912. The molecule has 0 saturated carbocycles. The fraction of sp³-hybridized carbons (Fsp3) is 0.714. The smallest absolute Gasteiger partial charge is 0.226 e. The summed E-state index contributed by atoms with van der Waals surface area (Å²) in [6.07, 6.45) is 0. The Balaban J connectivity index is 0.00000220. The first-order valence-electron chi connectivity index (χ1n) is 7.18. The van der Waals surface area contributed by atoms with Crippen LogP contribution >= 0.6 is 24.8 Å². The first kappa shape index (κ1) is 21.2. The molecule has 0 spiro atoms. The Bertz CT molecular complexity index is 448. The third-order valence-electron chi connectivity index (χ3n) is 3.67. The number of nitrogens with one attached hydrogen (secondary N) is 1. The molecule has 1 amide bonds. The zero-order valence-electron chi connectivity index (χ0n) is 13.4. The van der Waals surface area contributed by atoms with Crippen LogP contribution in [0.4, 0.5) is 0 Å². The van der Waals surface area contributed by atoms with Gasteiger partial charge in [0.05, 0.1) is 12.2 Å². The molecule has 1 aliphatic rings. The van der Waals surface area contributed by atoms with E-state index in [1.807, 2.05) is 31.9 Å². The van der Waals surface area contributed by atoms with Crippen molar-refractivity contribution in [2.75, 3.05) is 39.8 Å². The van der Waals surface area contributed by atoms with Gasteiger partial charge in [0, 0.05) is 44.7 Å². The molecular weight excluding hydrogens is 327 g/mol. The van der Waals surface area contributed by atoms with E-state index >= 15 is 0 Å². The Hall–Kier alpha value is -0.820. The number of halogens is 2. The Morgan fingerprint density at radius 1 is 1.36 bits per heavy atom. The number of aryl methyl sites for hydroxylation is 1. The van der Waals surface area contributed by atoms with E-state index in [0.29, 0.717) is 0 Å². The van der Waals surface area contributed by atoms with Crippen LogP contribution in [0.25, 0.3) is 0 Å². The third-order valence-corrected chi connectivity index (χ3v) is 3.67. The molecular formula is C14H26Cl2N4O2. The van der Waals surface area contributed by atoms with E-state index in [9.17, 15) is 4.79 Å². The minimum Gasteiger partial charge on any atom is -0.360 e. The molecule has 1 unspecified atom stereocenters. The van der Waals surface area contributed by atoms with Crippen molar-refractivity contribution in [3.63, 3.8) is 0 Å². The standard InChI is InChI=1S/C14H24N4O2.2ClH/c1-11(9-15-3)14(19)18-6-4-17(5-7-18)10-13-8-12(2)16-20-13;;/h8,11,15H,4-7,9-10H2,1-3H3;2*1H. The lowest BCUT2D eigenvalue weighted by Gasteiger charge is -2.35. The van der Waals surface area contributed by atoms with Crippen molar-refractivity contribution in [2.24, 2.45) is 5.92 Å². The Morgan fingerprint density at radius 2 is 2.00 bits per heavy atom. The van der Waals surface area contributed by atoms with Crippen molar-refractivity contribution in [3.05, 3.63) is 17.5 Å². The molecule has 8 heteroatoms. The van der Waals surface area contributed by atoms with Gasteiger partial charge in [-0.2, -0.15) is 0 Å². The second-order valence-corrected chi connectivity index (χ2v) is 5.49. The van der Waals surface area contributed by atoms with Gasteiger partial charge in [-0.15, -0.1) is 24.8 Å². The molecule has 1 aromatic heterocycles. The number of piperazine rings is 1. The number of carbonyl (C=O) groups is 1. The molecule has 22 heavy (non-hydrogen) atoms. The lowest BCUT2D eigenvalue weighted by atomic mass is 10.1. The number of nitrogens with zero attached hydrogens (tertiary/aromatic N) is 3. The van der Waals surface area contributed by atoms with Crippen molar-refractivity contribution in [2.45, 2.75) is 20.4 Å². The number of amides is 1. The molecule has 1 aromatic rings. The van der Waals surface area contributed by atoms with E-state index in [2.05, 4.69) is 15.4 Å². The van der Waals surface area contributed by atoms with Gasteiger partial charge in [0.2, 0.25) is 5.91 Å². The molecule has 0 bridgehead atoms. The number of hydrogen-bond acceptors (Lipinski definition) is 5. The maximum atomic E-state index is 12.2. The number of hydrogen-bond donors (Lipinski definition) is 1. The SMILES string of the molecule is CNCC(C)C(=O)N1CCN(Cc2cc(C)no2)CC1.Cl.Cl. The summed E-state index contributed by atoms with van der Waals surface area (Å²) in [5, 5.41) is 6.95. The molecule has 0 aliphatic carbocycles. The van der Waals surface area contributed by atoms with E-state index in [1.165, 1.54) is 0 Å². The van der Waals surface area contributed by atoms with Crippen LogP contribution in [0.3, 0.4) is 0 Å². The molecule has 2 heterocycles. The van der Waals surface area contributed by atoms with Gasteiger partial charge in [-0.1, -0.05) is 12.1 Å². The minimum atomic E-state index is 0. The summed E-state index contributed by atoms with van der Waals surface area (Å²) >= 11 is 0. The van der Waals surface area contributed by atoms with Crippen LogP contribution in [-0.2, 0) is 11.3 Å². The highest BCUT2D eigenvalue weighted by Crippen LogP contribution is 2.11. The maximum Gasteiger partial charge on any atom is 0.226 e. The minimum absolute atomic E-state index is 0. The van der Waals surface area contributed by atoms with Crippen LogP contribution in [0.1, 0.15) is 18.4 Å². The van der Waals surface area contributed by atoms with Gasteiger partial charge in [0.1, 0.15) is 0 Å². The monoisotopic (exact) mass is 352 g/mol. The lowest BCUT2D eigenvalue weighted by Crippen LogP contribution is -2.50. The van der Waals surface area contributed by atoms with Gasteiger partial charge < -0.3 is 14.7 Å². The first-order chi connectivity index (χ1) is 9.60. The molecule has 1 aliphatic heterocycles. The summed E-state index contributed by atoms with van der Waals surface area (Å²) in [5.74, 6) is 1.18. The van der Waals surface area contributed by atoms with Crippen LogP contribution in [0, 0.1) is 12.8 Å². The molecule has 0 radical (unpaired) electrons. The average Bonchev–Trinajstić information content (AvgIpc) is 2.84. The zero-order valence-corrected chi connectivity index (χ0v) is 15.0. The van der Waals surface area contributed by atoms with Crippen molar-refractivity contribution in [1.82, 2.24) is 20.3 Å². The summed E-state index contributed by atoms with van der Waals surface area (Å²) in [7, 11) is 1.88. The highest BCUT2D eigenvalue weighted by molar-refractivity contribution is 5.85. The van der Waals surface area contributed by atoms with Crippen LogP contribution in [0.2, 0.25) is 0 Å². The number of carbonyl (C=O) groups excluding carboxylic acids is 1. The van der Waals surface area contributed by atoms with Gasteiger partial charge in [-0.25, -0.2) is 0 Å². The highest BCUT2D eigenvalue weighted by Gasteiger charge is 2.24. The van der Waals surface area contributed by atoms with Gasteiger partial charge in [0.25, 0.3) is 0 Å². The predicted octanol–water partition coefficient (Wildman–Crippen LogP) is 1.33. The van der Waals surface area contributed by atoms with Gasteiger partial charge in [-0.3, -0.25) is 9.69 Å². The molecule has 0 aromatic carbocycles. The lowest BCUT2D eigenvalue weighted by molar-refractivity contribution is -0.136. The van der Waals surface area contributed by atoms with Gasteiger partial charge in [-0.05, 0) is 14.0 Å². The normalized spacial score (nSPS) is 16.6. The number of rotatable bonds is 5. The first-order valence-corrected chi connectivity index (χ1v) is 7.18. The largest absolute Gasteiger partial charge is 0.360 e. The Kier molecular flexibility index (Phi) is 9.67. The summed E-state index contributed by atoms with van der Waals surface area (Å²) in [6.45, 7) is 8.76. The fourth-order valence-corrected chi connectivity index (χ4v) is 2.54. The fourth-order valence-electron chi connectivity index (χ4n) is 2.54. The predicted molar refractivity (Wildman–Crippen MR) is 90.7 cm³/mol. The van der Waals surface area contributed by atoms with Crippen LogP contribution in [0.15, 0.2) is 10.6 Å². The Labute approximate surface area is 144 Å². The molecule has 128 valence electrons. The summed E-state index contributed by atoms with van der Waals surface area (Å²) < 4.78 is 5.23.